The van der Waals surface area contributed by atoms with E-state index in [9.17, 15) is 22.6 Å². The maximum absolute atomic E-state index is 12.1. The first-order valence-electron chi connectivity index (χ1n) is 7.37. The summed E-state index contributed by atoms with van der Waals surface area (Å²) in [6, 6.07) is 10.5. The van der Waals surface area contributed by atoms with Crippen molar-refractivity contribution >= 4 is 22.1 Å². The van der Waals surface area contributed by atoms with Gasteiger partial charge in [0.05, 0.1) is 22.6 Å². The van der Waals surface area contributed by atoms with E-state index in [0.717, 1.165) is 6.07 Å². The third kappa shape index (κ3) is 5.93. The molecule has 132 valence electrons. The van der Waals surface area contributed by atoms with Crippen LogP contribution >= 0.6 is 0 Å². The van der Waals surface area contributed by atoms with Gasteiger partial charge in [-0.3, -0.25) is 0 Å². The van der Waals surface area contributed by atoms with Crippen molar-refractivity contribution in [2.24, 2.45) is 0 Å². The Morgan fingerprint density at radius 3 is 2.04 bits per heavy atom. The molecule has 0 saturated heterocycles. The Morgan fingerprint density at radius 2 is 1.50 bits per heavy atom. The Bertz CT molecular complexity index is 876. The largest absolute Gasteiger partial charge is 1.00 e. The number of benzene rings is 2. The van der Waals surface area contributed by atoms with E-state index in [2.05, 4.69) is 0 Å². The molecule has 0 aliphatic carbocycles. The van der Waals surface area contributed by atoms with Crippen molar-refractivity contribution in [1.29, 1.82) is 0 Å². The number of para-hydroxylation sites is 1. The number of hydrogen-bond acceptors (Lipinski definition) is 7. The third-order valence-electron chi connectivity index (χ3n) is 3.11. The minimum atomic E-state index is -4.78. The van der Waals surface area contributed by atoms with Crippen LogP contribution in [0.1, 0.15) is 34.1 Å². The van der Waals surface area contributed by atoms with Crippen molar-refractivity contribution in [2.75, 3.05) is 6.61 Å². The van der Waals surface area contributed by atoms with Crippen molar-refractivity contribution in [3.63, 3.8) is 0 Å². The Labute approximate surface area is 173 Å². The Morgan fingerprint density at radius 1 is 0.962 bits per heavy atom. The minimum absolute atomic E-state index is 0. The van der Waals surface area contributed by atoms with Gasteiger partial charge in [-0.25, -0.2) is 18.0 Å². The number of carbonyl (C=O) groups excluding carboxylic acids is 2. The number of hydrogen-bond donors (Lipinski definition) is 0. The predicted molar refractivity (Wildman–Crippen MR) is 86.4 cm³/mol. The molecule has 0 fully saturated rings. The average Bonchev–Trinajstić information content (AvgIpc) is 2.59. The van der Waals surface area contributed by atoms with Gasteiger partial charge in [-0.1, -0.05) is 19.1 Å². The molecule has 2 aromatic carbocycles. The molecule has 0 heterocycles. The fraction of sp³-hybridized carbons (Fsp3) is 0.176. The molecule has 26 heavy (non-hydrogen) atoms. The van der Waals surface area contributed by atoms with Crippen LogP contribution in [0.15, 0.2) is 53.4 Å². The summed E-state index contributed by atoms with van der Waals surface area (Å²) < 4.78 is 43.5. The molecule has 0 saturated carbocycles. The van der Waals surface area contributed by atoms with Gasteiger partial charge in [0.1, 0.15) is 15.9 Å². The Kier molecular flexibility index (Phi) is 8.45. The van der Waals surface area contributed by atoms with Gasteiger partial charge in [-0.15, -0.1) is 0 Å². The maximum Gasteiger partial charge on any atom is 1.00 e. The van der Waals surface area contributed by atoms with Gasteiger partial charge in [-0.2, -0.15) is 0 Å². The fourth-order valence-corrected chi connectivity index (χ4v) is 2.52. The van der Waals surface area contributed by atoms with E-state index in [1.54, 1.807) is 0 Å². The van der Waals surface area contributed by atoms with Crippen LogP contribution in [-0.4, -0.2) is 31.5 Å². The zero-order chi connectivity index (χ0) is 18.4. The van der Waals surface area contributed by atoms with Crippen molar-refractivity contribution in [2.45, 2.75) is 18.2 Å². The summed E-state index contributed by atoms with van der Waals surface area (Å²) in [5.74, 6) is -1.72. The number of esters is 2. The first kappa shape index (κ1) is 22.3. The molecular formula is C17H15NaO7S. The number of ether oxygens (including phenoxy) is 2. The summed E-state index contributed by atoms with van der Waals surface area (Å²) in [4.78, 5) is 23.2. The van der Waals surface area contributed by atoms with E-state index in [-0.39, 0.29) is 46.4 Å². The van der Waals surface area contributed by atoms with E-state index in [1.165, 1.54) is 42.5 Å². The van der Waals surface area contributed by atoms with Crippen molar-refractivity contribution < 1.29 is 61.6 Å². The molecule has 0 aliphatic rings. The van der Waals surface area contributed by atoms with Crippen LogP contribution in [0, 0.1) is 0 Å². The van der Waals surface area contributed by atoms with Crippen LogP contribution in [0.5, 0.6) is 5.75 Å². The van der Waals surface area contributed by atoms with Crippen molar-refractivity contribution in [3.05, 3.63) is 59.7 Å². The molecule has 9 heteroatoms. The molecule has 0 aliphatic heterocycles. The van der Waals surface area contributed by atoms with Crippen LogP contribution in [0.4, 0.5) is 0 Å². The van der Waals surface area contributed by atoms with E-state index in [4.69, 9.17) is 9.47 Å². The van der Waals surface area contributed by atoms with Crippen LogP contribution in [0.3, 0.4) is 0 Å². The topological polar surface area (TPSA) is 110 Å². The summed E-state index contributed by atoms with van der Waals surface area (Å²) in [6.07, 6.45) is 0.693. The molecular weight excluding hydrogens is 371 g/mol. The van der Waals surface area contributed by atoms with Crippen molar-refractivity contribution in [3.8, 4) is 5.75 Å². The van der Waals surface area contributed by atoms with Crippen LogP contribution < -0.4 is 34.3 Å². The molecule has 0 unspecified atom stereocenters. The first-order valence-corrected chi connectivity index (χ1v) is 8.78. The molecule has 0 spiro atoms. The zero-order valence-corrected chi connectivity index (χ0v) is 17.1. The molecule has 0 N–H and O–H groups in total. The zero-order valence-electron chi connectivity index (χ0n) is 14.3. The van der Waals surface area contributed by atoms with Crippen molar-refractivity contribution in [1.82, 2.24) is 0 Å². The first-order chi connectivity index (χ1) is 11.8. The minimum Gasteiger partial charge on any atom is -0.744 e. The quantitative estimate of drug-likeness (QED) is 0.282. The van der Waals surface area contributed by atoms with Gasteiger partial charge in [0.15, 0.2) is 0 Å². The predicted octanol–water partition coefficient (Wildman–Crippen LogP) is -0.619. The second-order valence-corrected chi connectivity index (χ2v) is 6.35. The summed E-state index contributed by atoms with van der Waals surface area (Å²) in [6.45, 7) is 2.16. The summed E-state index contributed by atoms with van der Waals surface area (Å²) in [7, 11) is -4.78. The van der Waals surface area contributed by atoms with Gasteiger partial charge in [0.25, 0.3) is 0 Å². The molecule has 0 bridgehead atoms. The molecule has 0 aromatic heterocycles. The second kappa shape index (κ2) is 9.84. The Balaban J connectivity index is 0.00000338. The average molecular weight is 386 g/mol. The molecule has 0 radical (unpaired) electrons. The standard InChI is InChI=1S/C17H16O7S.Na/c1-2-11-23-16(18)12-7-9-13(10-8-12)17(19)24-14-5-3-4-6-15(14)25(20,21)22;/h3-10H,2,11H2,1H3,(H,20,21,22);/q;+1/p-1. The molecule has 0 amide bonds. The molecule has 2 rings (SSSR count). The van der Waals surface area contributed by atoms with Gasteiger partial charge in [0.2, 0.25) is 0 Å². The van der Waals surface area contributed by atoms with Crippen LogP contribution in [0.25, 0.3) is 0 Å². The third-order valence-corrected chi connectivity index (χ3v) is 3.99. The van der Waals surface area contributed by atoms with Crippen LogP contribution in [0.2, 0.25) is 0 Å². The Hall–Kier alpha value is -1.71. The summed E-state index contributed by atoms with van der Waals surface area (Å²) in [5.41, 5.74) is 0.359. The summed E-state index contributed by atoms with van der Waals surface area (Å²) >= 11 is 0. The molecule has 0 atom stereocenters. The van der Waals surface area contributed by atoms with Gasteiger partial charge in [0, 0.05) is 0 Å². The van der Waals surface area contributed by atoms with E-state index < -0.39 is 27.0 Å². The van der Waals surface area contributed by atoms with Gasteiger partial charge < -0.3 is 14.0 Å². The normalized spacial score (nSPS) is 10.5. The SMILES string of the molecule is CCCOC(=O)c1ccc(C(=O)Oc2ccccc2S(=O)(=O)[O-])cc1.[Na+]. The summed E-state index contributed by atoms with van der Waals surface area (Å²) in [5, 5.41) is 0. The van der Waals surface area contributed by atoms with Gasteiger partial charge >= 0.3 is 41.5 Å². The number of rotatable bonds is 6. The van der Waals surface area contributed by atoms with Crippen LogP contribution in [-0.2, 0) is 14.9 Å². The second-order valence-electron chi connectivity index (χ2n) is 5.00. The number of carbonyl (C=O) groups is 2. The molecule has 7 nitrogen and oxygen atoms in total. The monoisotopic (exact) mass is 386 g/mol. The smallest absolute Gasteiger partial charge is 0.744 e. The van der Waals surface area contributed by atoms with E-state index in [1.807, 2.05) is 6.92 Å². The van der Waals surface area contributed by atoms with E-state index >= 15 is 0 Å². The van der Waals surface area contributed by atoms with Gasteiger partial charge in [-0.05, 0) is 42.8 Å². The molecule has 2 aromatic rings. The fourth-order valence-electron chi connectivity index (χ4n) is 1.92. The maximum atomic E-state index is 12.1. The van der Waals surface area contributed by atoms with E-state index in [0.29, 0.717) is 13.0 Å².